The number of benzene rings is 1. The molecular weight excluding hydrogens is 471 g/mol. The van der Waals surface area contributed by atoms with E-state index in [2.05, 4.69) is 4.18 Å². The van der Waals surface area contributed by atoms with Crippen LogP contribution in [0.4, 0.5) is 22.0 Å². The van der Waals surface area contributed by atoms with Gasteiger partial charge in [0.05, 0.1) is 13.2 Å². The molecule has 0 heterocycles. The molecule has 0 saturated heterocycles. The Kier molecular flexibility index (Phi) is 7.37. The average Bonchev–Trinajstić information content (AvgIpc) is 2.57. The van der Waals surface area contributed by atoms with Crippen LogP contribution in [0.5, 0.6) is 11.5 Å². The Morgan fingerprint density at radius 3 is 1.67 bits per heavy atom. The summed E-state index contributed by atoms with van der Waals surface area (Å²) in [5, 5.41) is -1.84. The number of alkyl halides is 5. The lowest BCUT2D eigenvalue weighted by atomic mass is 10.1. The van der Waals surface area contributed by atoms with Crippen LogP contribution in [0.1, 0.15) is 18.1 Å². The number of methoxy groups -OCH3 is 2. The maximum atomic E-state index is 14.5. The minimum Gasteiger partial charge on any atom is -0.507 e. The van der Waals surface area contributed by atoms with Gasteiger partial charge in [-0.25, -0.2) is 4.39 Å². The molecule has 0 saturated carbocycles. The summed E-state index contributed by atoms with van der Waals surface area (Å²) in [5.41, 5.74) is -0.319. The number of hydrogen-bond acceptors (Lipinski definition) is 8. The van der Waals surface area contributed by atoms with Gasteiger partial charge in [-0.05, 0) is 19.1 Å². The van der Waals surface area contributed by atoms with Gasteiger partial charge in [-0.1, -0.05) is 0 Å². The van der Waals surface area contributed by atoms with Gasteiger partial charge in [-0.2, -0.15) is 34.4 Å². The highest BCUT2D eigenvalue weighted by molar-refractivity contribution is 7.89. The van der Waals surface area contributed by atoms with Crippen LogP contribution in [0, 0.1) is 0 Å². The van der Waals surface area contributed by atoms with E-state index in [9.17, 15) is 43.9 Å². The van der Waals surface area contributed by atoms with Crippen molar-refractivity contribution in [2.24, 2.45) is 0 Å². The third kappa shape index (κ3) is 4.46. The summed E-state index contributed by atoms with van der Waals surface area (Å²) in [6.45, 7) is -1.28. The summed E-state index contributed by atoms with van der Waals surface area (Å²) in [4.78, 5) is 0. The summed E-state index contributed by atoms with van der Waals surface area (Å²) >= 11 is 0. The molecule has 9 nitrogen and oxygen atoms in total. The molecule has 0 aromatic heterocycles. The van der Waals surface area contributed by atoms with E-state index in [1.807, 2.05) is 0 Å². The van der Waals surface area contributed by atoms with Gasteiger partial charge >= 0.3 is 36.4 Å². The second-order valence-electron chi connectivity index (χ2n) is 5.98. The monoisotopic (exact) mass is 488 g/mol. The van der Waals surface area contributed by atoms with Crippen LogP contribution in [0.2, 0.25) is 0 Å². The summed E-state index contributed by atoms with van der Waals surface area (Å²) in [6.07, 6.45) is 0. The van der Waals surface area contributed by atoms with Gasteiger partial charge < -0.3 is 18.8 Å². The van der Waals surface area contributed by atoms with Crippen molar-refractivity contribution in [3.8, 4) is 11.5 Å². The van der Waals surface area contributed by atoms with Crippen molar-refractivity contribution in [1.82, 2.24) is 0 Å². The summed E-state index contributed by atoms with van der Waals surface area (Å²) in [7, 11) is -10.9. The first-order chi connectivity index (χ1) is 13.4. The predicted octanol–water partition coefficient (Wildman–Crippen LogP) is 2.20. The maximum absolute atomic E-state index is 14.5. The lowest BCUT2D eigenvalue weighted by molar-refractivity contribution is -0.207. The molecule has 0 radical (unpaired) electrons. The average molecular weight is 488 g/mol. The minimum absolute atomic E-state index is 0.159. The van der Waals surface area contributed by atoms with Crippen LogP contribution in [0.25, 0.3) is 0 Å². The number of hydrogen-bond donors (Lipinski definition) is 2. The number of ether oxygens (including phenoxy) is 2. The highest BCUT2D eigenvalue weighted by Crippen LogP contribution is 2.50. The Morgan fingerprint density at radius 1 is 0.933 bits per heavy atom. The fourth-order valence-corrected chi connectivity index (χ4v) is 3.62. The molecule has 174 valence electrons. The Hall–Kier alpha value is -1.75. The highest BCUT2D eigenvalue weighted by Gasteiger charge is 2.79. The van der Waals surface area contributed by atoms with E-state index in [0.717, 1.165) is 12.1 Å². The second-order valence-corrected chi connectivity index (χ2v) is 9.28. The van der Waals surface area contributed by atoms with Crippen molar-refractivity contribution in [2.45, 2.75) is 36.3 Å². The molecule has 0 aliphatic heterocycles. The number of phenols is 1. The van der Waals surface area contributed by atoms with Crippen molar-refractivity contribution < 1.29 is 62.1 Å². The predicted molar refractivity (Wildman–Crippen MR) is 90.0 cm³/mol. The molecule has 16 heteroatoms. The molecule has 0 aliphatic carbocycles. The van der Waals surface area contributed by atoms with Gasteiger partial charge in [0.1, 0.15) is 11.5 Å². The quantitative estimate of drug-likeness (QED) is 0.289. The molecule has 0 bridgehead atoms. The third-order valence-electron chi connectivity index (χ3n) is 3.77. The van der Waals surface area contributed by atoms with Crippen LogP contribution in [0.3, 0.4) is 0 Å². The molecule has 2 N–H and O–H groups in total. The normalized spacial score (nSPS) is 15.6. The molecule has 0 aliphatic rings. The molecule has 0 fully saturated rings. The number of halogens is 5. The van der Waals surface area contributed by atoms with Gasteiger partial charge in [-0.3, -0.25) is 4.55 Å². The maximum Gasteiger partial charge on any atom is 0.436 e. The molecular formula is C14H17F5O9S2. The number of rotatable bonds is 10. The fourth-order valence-electron chi connectivity index (χ4n) is 2.09. The Balaban J connectivity index is 3.52. The van der Waals surface area contributed by atoms with Crippen LogP contribution in [-0.4, -0.2) is 56.9 Å². The molecule has 1 unspecified atom stereocenters. The highest BCUT2D eigenvalue weighted by atomic mass is 32.2. The molecule has 0 spiro atoms. The van der Waals surface area contributed by atoms with E-state index in [0.29, 0.717) is 0 Å². The van der Waals surface area contributed by atoms with E-state index < -0.39 is 54.8 Å². The topological polar surface area (TPSA) is 136 Å². The molecule has 1 aromatic rings. The first-order valence-electron chi connectivity index (χ1n) is 7.55. The Labute approximate surface area is 168 Å². The lowest BCUT2D eigenvalue weighted by Crippen LogP contribution is -2.61. The Bertz CT molecular complexity index is 964. The van der Waals surface area contributed by atoms with Crippen molar-refractivity contribution in [1.29, 1.82) is 0 Å². The standard InChI is InChI=1S/C14H17F5O9S2/c1-12(15,13(16,17)14(18,19)29(21,22)23)30(24,25)28-10-4-8(6-26-2)11(20)9(5-10)7-27-3/h4-5,20H,6-7H2,1-3H3,(H,21,22,23). The first kappa shape index (κ1) is 26.3. The van der Waals surface area contributed by atoms with Crippen LogP contribution in [0.15, 0.2) is 12.1 Å². The second kappa shape index (κ2) is 8.41. The lowest BCUT2D eigenvalue weighted by Gasteiger charge is -2.32. The molecule has 0 amide bonds. The third-order valence-corrected chi connectivity index (χ3v) is 6.28. The smallest absolute Gasteiger partial charge is 0.436 e. The van der Waals surface area contributed by atoms with Crippen molar-refractivity contribution >= 4 is 20.2 Å². The van der Waals surface area contributed by atoms with E-state index in [1.54, 1.807) is 0 Å². The van der Waals surface area contributed by atoms with E-state index in [1.165, 1.54) is 14.2 Å². The summed E-state index contributed by atoms with van der Waals surface area (Å²) in [5.74, 6) is -7.84. The Morgan fingerprint density at radius 2 is 1.33 bits per heavy atom. The van der Waals surface area contributed by atoms with Gasteiger partial charge in [0, 0.05) is 25.3 Å². The van der Waals surface area contributed by atoms with Crippen molar-refractivity contribution in [3.63, 3.8) is 0 Å². The number of aromatic hydroxyl groups is 1. The van der Waals surface area contributed by atoms with Gasteiger partial charge in [0.25, 0.3) is 0 Å². The molecule has 1 aromatic carbocycles. The zero-order valence-electron chi connectivity index (χ0n) is 15.5. The molecule has 1 atom stereocenters. The summed E-state index contributed by atoms with van der Waals surface area (Å²) in [6, 6.07) is 1.45. The first-order valence-corrected chi connectivity index (χ1v) is 10.4. The zero-order valence-corrected chi connectivity index (χ0v) is 17.2. The van der Waals surface area contributed by atoms with Gasteiger partial charge in [0.15, 0.2) is 0 Å². The molecule has 1 rings (SSSR count). The fraction of sp³-hybridized carbons (Fsp3) is 0.571. The van der Waals surface area contributed by atoms with Gasteiger partial charge in [0.2, 0.25) is 0 Å². The van der Waals surface area contributed by atoms with E-state index in [-0.39, 0.29) is 24.3 Å². The zero-order chi connectivity index (χ0) is 23.8. The van der Waals surface area contributed by atoms with Crippen molar-refractivity contribution in [2.75, 3.05) is 14.2 Å². The van der Waals surface area contributed by atoms with E-state index >= 15 is 0 Å². The van der Waals surface area contributed by atoms with Crippen LogP contribution >= 0.6 is 0 Å². The van der Waals surface area contributed by atoms with Crippen LogP contribution in [-0.2, 0) is 42.9 Å². The van der Waals surface area contributed by atoms with Crippen LogP contribution < -0.4 is 4.18 Å². The van der Waals surface area contributed by atoms with E-state index in [4.69, 9.17) is 14.0 Å². The number of phenolic OH excluding ortho intramolecular Hbond substituents is 1. The van der Waals surface area contributed by atoms with Crippen molar-refractivity contribution in [3.05, 3.63) is 23.3 Å². The van der Waals surface area contributed by atoms with Gasteiger partial charge in [-0.15, -0.1) is 0 Å². The largest absolute Gasteiger partial charge is 0.507 e. The minimum atomic E-state index is -6.92. The summed E-state index contributed by atoms with van der Waals surface area (Å²) < 4.78 is 136. The SMILES string of the molecule is COCc1cc(OS(=O)(=O)C(C)(F)C(F)(F)C(F)(F)S(=O)(=O)O)cc(COC)c1O. The molecule has 30 heavy (non-hydrogen) atoms.